The number of nitrogens with one attached hydrogen (secondary N) is 1. The zero-order valence-corrected chi connectivity index (χ0v) is 5.33. The van der Waals surface area contributed by atoms with Crippen molar-refractivity contribution in [2.45, 2.75) is 6.92 Å². The van der Waals surface area contributed by atoms with Crippen LogP contribution < -0.4 is 4.72 Å². The van der Waals surface area contributed by atoms with Gasteiger partial charge in [0.05, 0.1) is 5.75 Å². The van der Waals surface area contributed by atoms with Gasteiger partial charge < -0.3 is 0 Å². The summed E-state index contributed by atoms with van der Waals surface area (Å²) in [5.74, 6) is -0.0725. The SMILES string of the molecule is CCS(=O)(=O)NCF. The quantitative estimate of drug-likeness (QED) is 0.556. The van der Waals surface area contributed by atoms with E-state index < -0.39 is 16.8 Å². The third kappa shape index (κ3) is 2.92. The summed E-state index contributed by atoms with van der Waals surface area (Å²) < 4.78 is 33.4. The second-order valence-electron chi connectivity index (χ2n) is 1.18. The molecule has 0 aromatic heterocycles. The van der Waals surface area contributed by atoms with Crippen molar-refractivity contribution in [2.75, 3.05) is 12.6 Å². The van der Waals surface area contributed by atoms with Crippen LogP contribution in [0.2, 0.25) is 0 Å². The van der Waals surface area contributed by atoms with Crippen LogP contribution in [-0.4, -0.2) is 21.0 Å². The third-order valence-electron chi connectivity index (χ3n) is 0.655. The van der Waals surface area contributed by atoms with Crippen LogP contribution in [-0.2, 0) is 10.0 Å². The lowest BCUT2D eigenvalue weighted by molar-refractivity contribution is 0.469. The molecule has 0 aromatic rings. The number of rotatable bonds is 3. The van der Waals surface area contributed by atoms with Crippen LogP contribution in [0.15, 0.2) is 0 Å². The van der Waals surface area contributed by atoms with E-state index in [0.29, 0.717) is 0 Å². The summed E-state index contributed by atoms with van der Waals surface area (Å²) in [5.41, 5.74) is 0. The van der Waals surface area contributed by atoms with Crippen LogP contribution in [0.5, 0.6) is 0 Å². The summed E-state index contributed by atoms with van der Waals surface area (Å²) in [5, 5.41) is 0. The Kier molecular flexibility index (Phi) is 2.93. The number of hydrogen-bond acceptors (Lipinski definition) is 2. The van der Waals surface area contributed by atoms with E-state index in [0.717, 1.165) is 0 Å². The van der Waals surface area contributed by atoms with Gasteiger partial charge in [-0.1, -0.05) is 0 Å². The first-order chi connectivity index (χ1) is 3.62. The first-order valence-corrected chi connectivity index (χ1v) is 3.81. The fraction of sp³-hybridized carbons (Fsp3) is 1.00. The fourth-order valence-corrected chi connectivity index (χ4v) is 0.556. The van der Waals surface area contributed by atoms with Crippen molar-refractivity contribution in [1.29, 1.82) is 0 Å². The molecule has 0 fully saturated rings. The summed E-state index contributed by atoms with van der Waals surface area (Å²) in [6, 6.07) is 0. The maximum absolute atomic E-state index is 11.2. The largest absolute Gasteiger partial charge is 0.233 e. The first kappa shape index (κ1) is 7.84. The molecule has 0 rings (SSSR count). The van der Waals surface area contributed by atoms with E-state index in [2.05, 4.69) is 0 Å². The number of sulfonamides is 1. The molecule has 0 amide bonds. The minimum atomic E-state index is -3.29. The summed E-state index contributed by atoms with van der Waals surface area (Å²) in [6.07, 6.45) is 0. The first-order valence-electron chi connectivity index (χ1n) is 2.15. The number of hydrogen-bond donors (Lipinski definition) is 1. The van der Waals surface area contributed by atoms with Gasteiger partial charge in [0.25, 0.3) is 0 Å². The van der Waals surface area contributed by atoms with E-state index >= 15 is 0 Å². The Morgan fingerprint density at radius 1 is 1.62 bits per heavy atom. The second kappa shape index (κ2) is 2.99. The smallest absolute Gasteiger partial charge is 0.213 e. The molecular weight excluding hydrogens is 133 g/mol. The topological polar surface area (TPSA) is 46.2 Å². The number of alkyl halides is 1. The van der Waals surface area contributed by atoms with E-state index in [1.54, 1.807) is 4.72 Å². The standard InChI is InChI=1S/C3H8FNO2S/c1-2-8(6,7)5-3-4/h5H,2-3H2,1H3. The van der Waals surface area contributed by atoms with Gasteiger partial charge in [0.1, 0.15) is 0 Å². The molecule has 50 valence electrons. The Labute approximate surface area is 47.9 Å². The average Bonchev–Trinajstić information content (AvgIpc) is 1.67. The zero-order valence-electron chi connectivity index (χ0n) is 4.52. The van der Waals surface area contributed by atoms with Gasteiger partial charge in [0, 0.05) is 0 Å². The van der Waals surface area contributed by atoms with Gasteiger partial charge in [-0.25, -0.2) is 12.8 Å². The molecule has 0 aliphatic heterocycles. The normalized spacial score (nSPS) is 11.8. The van der Waals surface area contributed by atoms with Crippen molar-refractivity contribution in [3.8, 4) is 0 Å². The van der Waals surface area contributed by atoms with E-state index in [1.807, 2.05) is 0 Å². The summed E-state index contributed by atoms with van der Waals surface area (Å²) in [6.45, 7) is 0.425. The van der Waals surface area contributed by atoms with E-state index in [9.17, 15) is 12.8 Å². The van der Waals surface area contributed by atoms with E-state index in [1.165, 1.54) is 6.92 Å². The van der Waals surface area contributed by atoms with Crippen molar-refractivity contribution in [3.63, 3.8) is 0 Å². The van der Waals surface area contributed by atoms with Gasteiger partial charge in [-0.05, 0) is 6.92 Å². The van der Waals surface area contributed by atoms with Crippen molar-refractivity contribution >= 4 is 10.0 Å². The highest BCUT2D eigenvalue weighted by Gasteiger charge is 2.02. The molecule has 0 unspecified atom stereocenters. The highest BCUT2D eigenvalue weighted by molar-refractivity contribution is 7.89. The Morgan fingerprint density at radius 3 is 2.25 bits per heavy atom. The lowest BCUT2D eigenvalue weighted by atomic mass is 11.0. The highest BCUT2D eigenvalue weighted by atomic mass is 32.2. The molecule has 0 saturated carbocycles. The molecule has 0 aliphatic carbocycles. The van der Waals surface area contributed by atoms with Gasteiger partial charge in [-0.15, -0.1) is 0 Å². The minimum Gasteiger partial charge on any atom is -0.233 e. The van der Waals surface area contributed by atoms with Gasteiger partial charge >= 0.3 is 0 Å². The van der Waals surface area contributed by atoms with Crippen molar-refractivity contribution in [2.24, 2.45) is 0 Å². The lowest BCUT2D eigenvalue weighted by Gasteiger charge is -1.95. The fourth-order valence-electron chi connectivity index (χ4n) is 0.185. The molecule has 8 heavy (non-hydrogen) atoms. The summed E-state index contributed by atoms with van der Waals surface area (Å²) in [7, 11) is -3.29. The van der Waals surface area contributed by atoms with Crippen LogP contribution in [0.25, 0.3) is 0 Å². The van der Waals surface area contributed by atoms with Crippen LogP contribution in [0.4, 0.5) is 4.39 Å². The Hall–Kier alpha value is -0.160. The van der Waals surface area contributed by atoms with Gasteiger partial charge in [-0.2, -0.15) is 4.72 Å². The molecule has 1 N–H and O–H groups in total. The second-order valence-corrected chi connectivity index (χ2v) is 3.28. The molecule has 0 atom stereocenters. The molecule has 0 saturated heterocycles. The molecule has 0 spiro atoms. The molecular formula is C3H8FNO2S. The zero-order chi connectivity index (χ0) is 6.62. The van der Waals surface area contributed by atoms with Crippen LogP contribution in [0.3, 0.4) is 0 Å². The third-order valence-corrected chi connectivity index (χ3v) is 1.96. The molecule has 0 bridgehead atoms. The maximum Gasteiger partial charge on any atom is 0.213 e. The van der Waals surface area contributed by atoms with Gasteiger partial charge in [0.2, 0.25) is 10.0 Å². The maximum atomic E-state index is 11.2. The van der Waals surface area contributed by atoms with E-state index in [-0.39, 0.29) is 5.75 Å². The molecule has 3 nitrogen and oxygen atoms in total. The Balaban J connectivity index is 3.76. The van der Waals surface area contributed by atoms with Crippen molar-refractivity contribution in [3.05, 3.63) is 0 Å². The molecule has 0 radical (unpaired) electrons. The van der Waals surface area contributed by atoms with Crippen LogP contribution in [0.1, 0.15) is 6.92 Å². The van der Waals surface area contributed by atoms with Crippen molar-refractivity contribution < 1.29 is 12.8 Å². The molecule has 0 heterocycles. The lowest BCUT2D eigenvalue weighted by Crippen LogP contribution is -2.23. The summed E-state index contributed by atoms with van der Waals surface area (Å²) >= 11 is 0. The predicted molar refractivity (Wildman–Crippen MR) is 28.6 cm³/mol. The Morgan fingerprint density at radius 2 is 2.12 bits per heavy atom. The highest BCUT2D eigenvalue weighted by Crippen LogP contribution is 1.79. The monoisotopic (exact) mass is 141 g/mol. The minimum absolute atomic E-state index is 0.0725. The number of halogens is 1. The van der Waals surface area contributed by atoms with E-state index in [4.69, 9.17) is 0 Å². The predicted octanol–water partition coefficient (Wildman–Crippen LogP) is -0.147. The molecule has 0 aromatic carbocycles. The average molecular weight is 141 g/mol. The van der Waals surface area contributed by atoms with Gasteiger partial charge in [-0.3, -0.25) is 0 Å². The van der Waals surface area contributed by atoms with Gasteiger partial charge in [0.15, 0.2) is 6.80 Å². The Bertz CT molecular complexity index is 141. The van der Waals surface area contributed by atoms with Crippen LogP contribution in [0, 0.1) is 0 Å². The molecule has 0 aliphatic rings. The van der Waals surface area contributed by atoms with Crippen molar-refractivity contribution in [1.82, 2.24) is 4.72 Å². The molecule has 5 heteroatoms. The van der Waals surface area contributed by atoms with Crippen LogP contribution >= 0.6 is 0 Å². The summed E-state index contributed by atoms with van der Waals surface area (Å²) in [4.78, 5) is 0.